The lowest BCUT2D eigenvalue weighted by molar-refractivity contribution is -0.146. The van der Waals surface area contributed by atoms with E-state index in [0.29, 0.717) is 29.4 Å². The van der Waals surface area contributed by atoms with Gasteiger partial charge in [-0.1, -0.05) is 84.6 Å². The molecule has 6 rings (SSSR count). The highest BCUT2D eigenvalue weighted by Crippen LogP contribution is 2.56. The lowest BCUT2D eigenvalue weighted by Gasteiger charge is -2.42. The number of fused-ring (bicyclic) bond motifs is 1. The van der Waals surface area contributed by atoms with Crippen molar-refractivity contribution >= 4 is 23.4 Å². The Bertz CT molecular complexity index is 1210. The van der Waals surface area contributed by atoms with E-state index in [4.69, 9.17) is 4.74 Å². The molecule has 2 bridgehead atoms. The number of nitrogens with one attached hydrogen (secondary N) is 2. The average Bonchev–Trinajstić information content (AvgIpc) is 3.59. The third-order valence-electron chi connectivity index (χ3n) is 11.2. The summed E-state index contributed by atoms with van der Waals surface area (Å²) >= 11 is 0. The van der Waals surface area contributed by atoms with E-state index in [-0.39, 0.29) is 29.8 Å². The van der Waals surface area contributed by atoms with Crippen molar-refractivity contribution in [2.45, 2.75) is 115 Å². The average molecular weight is 562 g/mol. The van der Waals surface area contributed by atoms with Gasteiger partial charge in [0, 0.05) is 17.8 Å². The second kappa shape index (κ2) is 10.9. The third-order valence-corrected chi connectivity index (χ3v) is 11.2. The number of benzene rings is 1. The Morgan fingerprint density at radius 1 is 0.951 bits per heavy atom. The summed E-state index contributed by atoms with van der Waals surface area (Å²) in [6.07, 6.45) is 10.6. The maximum atomic E-state index is 14.5. The van der Waals surface area contributed by atoms with Gasteiger partial charge in [0.1, 0.15) is 11.6 Å². The minimum absolute atomic E-state index is 0.0296. The molecule has 41 heavy (non-hydrogen) atoms. The first kappa shape index (κ1) is 28.4. The summed E-state index contributed by atoms with van der Waals surface area (Å²) in [4.78, 5) is 44.5. The molecule has 0 radical (unpaired) electrons. The lowest BCUT2D eigenvalue weighted by Crippen LogP contribution is -2.60. The van der Waals surface area contributed by atoms with E-state index >= 15 is 0 Å². The summed E-state index contributed by atoms with van der Waals surface area (Å²) in [6.45, 7) is 11.0. The van der Waals surface area contributed by atoms with E-state index in [1.807, 2.05) is 41.3 Å². The molecule has 5 aliphatic rings. The second-order valence-electron chi connectivity index (χ2n) is 13.9. The lowest BCUT2D eigenvalue weighted by atomic mass is 9.73. The topological polar surface area (TPSA) is 87.7 Å². The molecule has 222 valence electrons. The molecule has 2 saturated carbocycles. The second-order valence-corrected chi connectivity index (χ2v) is 13.9. The largest absolute Gasteiger partial charge is 0.359 e. The van der Waals surface area contributed by atoms with Crippen molar-refractivity contribution in [1.82, 2.24) is 10.2 Å². The fourth-order valence-corrected chi connectivity index (χ4v) is 8.50. The van der Waals surface area contributed by atoms with Crippen LogP contribution < -0.4 is 10.6 Å². The van der Waals surface area contributed by atoms with E-state index in [9.17, 15) is 14.4 Å². The summed E-state index contributed by atoms with van der Waals surface area (Å²) in [5.74, 6) is -0.223. The van der Waals surface area contributed by atoms with Gasteiger partial charge in [-0.2, -0.15) is 0 Å². The standard InChI is InChI=1S/C34H47N3O4/c1-19(2)23-13-15-24(16-14-23)35-31(38)28-27-17-18-34(41-27)29(28)33(40)37(26-12-7-6-9-21(26)4)30(34)32(39)36-25-11-8-10-20(3)22(25)5/h13-22,25-30H,6-12H2,1-5H3,(H,35,38)(H,36,39)/t20?,21?,22?,25?,26?,27-,28?,29-,30?,34?/m1/s1. The normalized spacial score (nSPS) is 39.7. The molecule has 10 atom stereocenters. The van der Waals surface area contributed by atoms with Crippen LogP contribution in [0.25, 0.3) is 0 Å². The van der Waals surface area contributed by atoms with Crippen molar-refractivity contribution in [3.63, 3.8) is 0 Å². The summed E-state index contributed by atoms with van der Waals surface area (Å²) < 4.78 is 6.61. The van der Waals surface area contributed by atoms with Gasteiger partial charge in [0.05, 0.1) is 17.9 Å². The summed E-state index contributed by atoms with van der Waals surface area (Å²) in [6, 6.07) is 7.18. The highest BCUT2D eigenvalue weighted by Gasteiger charge is 2.73. The predicted molar refractivity (Wildman–Crippen MR) is 159 cm³/mol. The van der Waals surface area contributed by atoms with E-state index in [2.05, 4.69) is 45.3 Å². The number of anilines is 1. The molecule has 0 aromatic heterocycles. The molecule has 3 aliphatic heterocycles. The van der Waals surface area contributed by atoms with Gasteiger partial charge >= 0.3 is 0 Å². The van der Waals surface area contributed by atoms with Gasteiger partial charge in [-0.3, -0.25) is 14.4 Å². The molecule has 3 heterocycles. The number of rotatable bonds is 6. The molecule has 2 aliphatic carbocycles. The molecule has 2 saturated heterocycles. The number of carbonyl (C=O) groups is 3. The van der Waals surface area contributed by atoms with Gasteiger partial charge in [0.2, 0.25) is 17.7 Å². The van der Waals surface area contributed by atoms with E-state index in [0.717, 1.165) is 38.5 Å². The van der Waals surface area contributed by atoms with Crippen LogP contribution in [0, 0.1) is 29.6 Å². The van der Waals surface area contributed by atoms with Crippen molar-refractivity contribution in [2.24, 2.45) is 29.6 Å². The van der Waals surface area contributed by atoms with Gasteiger partial charge in [0.25, 0.3) is 0 Å². The van der Waals surface area contributed by atoms with Crippen molar-refractivity contribution in [2.75, 3.05) is 5.32 Å². The molecule has 8 unspecified atom stereocenters. The maximum absolute atomic E-state index is 14.5. The van der Waals surface area contributed by atoms with Crippen molar-refractivity contribution < 1.29 is 19.1 Å². The van der Waals surface area contributed by atoms with Crippen LogP contribution in [0.1, 0.15) is 91.0 Å². The molecule has 7 heteroatoms. The monoisotopic (exact) mass is 561 g/mol. The summed E-state index contributed by atoms with van der Waals surface area (Å²) in [5, 5.41) is 6.45. The smallest absolute Gasteiger partial charge is 0.246 e. The van der Waals surface area contributed by atoms with Gasteiger partial charge in [-0.15, -0.1) is 0 Å². The van der Waals surface area contributed by atoms with Crippen LogP contribution in [0.2, 0.25) is 0 Å². The number of amides is 3. The highest BCUT2D eigenvalue weighted by molar-refractivity contribution is 6.03. The minimum atomic E-state index is -1.12. The maximum Gasteiger partial charge on any atom is 0.246 e. The van der Waals surface area contributed by atoms with Crippen LogP contribution in [0.4, 0.5) is 5.69 Å². The summed E-state index contributed by atoms with van der Waals surface area (Å²) in [7, 11) is 0. The Morgan fingerprint density at radius 2 is 1.66 bits per heavy atom. The number of ether oxygens (including phenoxy) is 1. The Kier molecular flexibility index (Phi) is 7.54. The third kappa shape index (κ3) is 4.72. The number of hydrogen-bond donors (Lipinski definition) is 2. The SMILES string of the molecule is CC(C)c1ccc(NC(=O)C2[C@H]3C=CC4(O3)C(C(=O)NC3CCCC(C)C3C)N(C3CCCCC3C)C(=O)[C@@H]24)cc1. The van der Waals surface area contributed by atoms with E-state index in [1.54, 1.807) is 0 Å². The molecular weight excluding hydrogens is 514 g/mol. The molecule has 4 fully saturated rings. The van der Waals surface area contributed by atoms with Gasteiger partial charge < -0.3 is 20.3 Å². The van der Waals surface area contributed by atoms with Crippen LogP contribution in [0.3, 0.4) is 0 Å². The number of nitrogens with zero attached hydrogens (tertiary/aromatic N) is 1. The predicted octanol–water partition coefficient (Wildman–Crippen LogP) is 5.42. The van der Waals surface area contributed by atoms with Crippen LogP contribution in [0.15, 0.2) is 36.4 Å². The Balaban J connectivity index is 1.31. The number of hydrogen-bond acceptors (Lipinski definition) is 4. The molecule has 1 spiro atoms. The zero-order chi connectivity index (χ0) is 29.1. The van der Waals surface area contributed by atoms with Crippen molar-refractivity contribution in [3.8, 4) is 0 Å². The summed E-state index contributed by atoms with van der Waals surface area (Å²) in [5.41, 5.74) is 0.792. The highest BCUT2D eigenvalue weighted by atomic mass is 16.5. The first-order chi connectivity index (χ1) is 19.6. The zero-order valence-electron chi connectivity index (χ0n) is 25.3. The van der Waals surface area contributed by atoms with E-state index in [1.165, 1.54) is 12.0 Å². The number of carbonyl (C=O) groups excluding carboxylic acids is 3. The zero-order valence-corrected chi connectivity index (χ0v) is 25.3. The van der Waals surface area contributed by atoms with Gasteiger partial charge in [0.15, 0.2) is 0 Å². The Hall–Kier alpha value is -2.67. The van der Waals surface area contributed by atoms with Crippen LogP contribution >= 0.6 is 0 Å². The van der Waals surface area contributed by atoms with Gasteiger partial charge in [-0.25, -0.2) is 0 Å². The first-order valence-electron chi connectivity index (χ1n) is 16.0. The first-order valence-corrected chi connectivity index (χ1v) is 16.0. The van der Waals surface area contributed by atoms with E-state index < -0.39 is 29.6 Å². The Labute approximate surface area is 244 Å². The van der Waals surface area contributed by atoms with Crippen molar-refractivity contribution in [3.05, 3.63) is 42.0 Å². The van der Waals surface area contributed by atoms with Crippen molar-refractivity contribution in [1.29, 1.82) is 0 Å². The fourth-order valence-electron chi connectivity index (χ4n) is 8.50. The van der Waals surface area contributed by atoms with Crippen LogP contribution in [-0.2, 0) is 19.1 Å². The molecule has 1 aromatic rings. The minimum Gasteiger partial charge on any atom is -0.359 e. The fraction of sp³-hybridized carbons (Fsp3) is 0.676. The molecule has 7 nitrogen and oxygen atoms in total. The van der Waals surface area contributed by atoms with Crippen LogP contribution in [0.5, 0.6) is 0 Å². The number of likely N-dealkylation sites (tertiary alicyclic amines) is 1. The molecule has 2 N–H and O–H groups in total. The molecule has 1 aromatic carbocycles. The quantitative estimate of drug-likeness (QED) is 0.454. The molecule has 3 amide bonds. The molecular formula is C34H47N3O4. The van der Waals surface area contributed by atoms with Gasteiger partial charge in [-0.05, 0) is 60.6 Å². The Morgan fingerprint density at radius 3 is 2.37 bits per heavy atom. The van der Waals surface area contributed by atoms with Crippen LogP contribution in [-0.4, -0.2) is 52.5 Å².